The molecule has 0 bridgehead atoms. The smallest absolute Gasteiger partial charge is 0.253 e. The van der Waals surface area contributed by atoms with Crippen LogP contribution in [0.25, 0.3) is 0 Å². The molecule has 200 valence electrons. The molecule has 1 aliphatic rings. The van der Waals surface area contributed by atoms with Crippen LogP contribution in [0.1, 0.15) is 42.4 Å². The standard InChI is InChI=1S/C27H30F2N6O3/c1-5-17(18-7-6-15(2)22(28)23(18)29)14-21(36)35-24(26(38)34(4)27-32-10-11-33(27)3)19(25(35)37)12-16-8-9-31-20(30)13-16/h6-11,13,17,19,24H,5,12,14H2,1-4H3,(H2,30,31)/t17-,19+,24-/m0/s1. The number of carbonyl (C=O) groups is 3. The Bertz CT molecular complexity index is 1390. The molecule has 1 aromatic carbocycles. The predicted molar refractivity (Wildman–Crippen MR) is 137 cm³/mol. The van der Waals surface area contributed by atoms with E-state index in [0.29, 0.717) is 17.9 Å². The van der Waals surface area contributed by atoms with Crippen LogP contribution in [0.4, 0.5) is 20.5 Å². The Balaban J connectivity index is 1.63. The number of likely N-dealkylation sites (N-methyl/N-ethyl adjacent to an activating group) is 1. The molecule has 1 fully saturated rings. The molecule has 0 unspecified atom stereocenters. The third-order valence-corrected chi connectivity index (χ3v) is 7.12. The molecule has 0 radical (unpaired) electrons. The highest BCUT2D eigenvalue weighted by atomic mass is 19.2. The largest absolute Gasteiger partial charge is 0.384 e. The summed E-state index contributed by atoms with van der Waals surface area (Å²) in [6, 6.07) is 5.13. The fraction of sp³-hybridized carbons (Fsp3) is 0.370. The summed E-state index contributed by atoms with van der Waals surface area (Å²) < 4.78 is 30.6. The number of nitrogens with two attached hydrogens (primary N) is 1. The zero-order valence-electron chi connectivity index (χ0n) is 21.7. The molecule has 1 aliphatic heterocycles. The van der Waals surface area contributed by atoms with E-state index in [9.17, 15) is 23.2 Å². The maximum Gasteiger partial charge on any atom is 0.253 e. The molecule has 2 N–H and O–H groups in total. The Hall–Kier alpha value is -4.15. The highest BCUT2D eigenvalue weighted by Gasteiger charge is 2.55. The van der Waals surface area contributed by atoms with Gasteiger partial charge >= 0.3 is 0 Å². The van der Waals surface area contributed by atoms with E-state index in [1.807, 2.05) is 0 Å². The number of imide groups is 1. The van der Waals surface area contributed by atoms with Crippen LogP contribution >= 0.6 is 0 Å². The number of imidazole rings is 1. The molecular weight excluding hydrogens is 494 g/mol. The quantitative estimate of drug-likeness (QED) is 0.453. The molecule has 2 aromatic heterocycles. The Morgan fingerprint density at radius 1 is 1.16 bits per heavy atom. The van der Waals surface area contributed by atoms with E-state index in [-0.39, 0.29) is 29.8 Å². The first-order valence-electron chi connectivity index (χ1n) is 12.3. The van der Waals surface area contributed by atoms with Crippen LogP contribution in [0, 0.1) is 24.5 Å². The number of hydrogen-bond donors (Lipinski definition) is 1. The number of amides is 3. The second-order valence-corrected chi connectivity index (χ2v) is 9.59. The Kier molecular flexibility index (Phi) is 7.56. The summed E-state index contributed by atoms with van der Waals surface area (Å²) in [6.45, 7) is 3.21. The molecule has 4 rings (SSSR count). The highest BCUT2D eigenvalue weighted by Crippen LogP contribution is 2.36. The monoisotopic (exact) mass is 524 g/mol. The average molecular weight is 525 g/mol. The van der Waals surface area contributed by atoms with Gasteiger partial charge in [-0.25, -0.2) is 18.7 Å². The first kappa shape index (κ1) is 26.9. The van der Waals surface area contributed by atoms with Crippen molar-refractivity contribution in [3.8, 4) is 0 Å². The molecular formula is C27H30F2N6O3. The van der Waals surface area contributed by atoms with Gasteiger partial charge < -0.3 is 10.3 Å². The Morgan fingerprint density at radius 2 is 1.89 bits per heavy atom. The van der Waals surface area contributed by atoms with Crippen LogP contribution in [-0.2, 0) is 27.9 Å². The van der Waals surface area contributed by atoms with Crippen molar-refractivity contribution in [1.82, 2.24) is 19.4 Å². The van der Waals surface area contributed by atoms with E-state index in [2.05, 4.69) is 9.97 Å². The van der Waals surface area contributed by atoms with Gasteiger partial charge in [0.25, 0.3) is 5.91 Å². The van der Waals surface area contributed by atoms with Gasteiger partial charge in [0.05, 0.1) is 5.92 Å². The number of nitrogens with zero attached hydrogens (tertiary/aromatic N) is 5. The molecule has 3 heterocycles. The molecule has 1 saturated heterocycles. The van der Waals surface area contributed by atoms with Gasteiger partial charge in [0.15, 0.2) is 11.6 Å². The molecule has 11 heteroatoms. The lowest BCUT2D eigenvalue weighted by molar-refractivity contribution is -0.170. The maximum atomic E-state index is 14.7. The highest BCUT2D eigenvalue weighted by molar-refractivity contribution is 6.12. The number of aryl methyl sites for hydroxylation is 2. The number of rotatable bonds is 8. The summed E-state index contributed by atoms with van der Waals surface area (Å²) in [5.41, 5.74) is 6.70. The van der Waals surface area contributed by atoms with E-state index < -0.39 is 47.2 Å². The van der Waals surface area contributed by atoms with E-state index >= 15 is 0 Å². The predicted octanol–water partition coefficient (Wildman–Crippen LogP) is 3.13. The first-order chi connectivity index (χ1) is 18.0. The van der Waals surface area contributed by atoms with Crippen LogP contribution in [-0.4, -0.2) is 50.2 Å². The van der Waals surface area contributed by atoms with Crippen molar-refractivity contribution in [3.63, 3.8) is 0 Å². The van der Waals surface area contributed by atoms with Crippen molar-refractivity contribution >= 4 is 29.5 Å². The van der Waals surface area contributed by atoms with Gasteiger partial charge in [-0.1, -0.05) is 19.1 Å². The second-order valence-electron chi connectivity index (χ2n) is 9.59. The van der Waals surface area contributed by atoms with E-state index in [1.54, 1.807) is 36.9 Å². The van der Waals surface area contributed by atoms with Crippen LogP contribution in [0.15, 0.2) is 42.9 Å². The summed E-state index contributed by atoms with van der Waals surface area (Å²) >= 11 is 0. The Labute approximate surface area is 219 Å². The summed E-state index contributed by atoms with van der Waals surface area (Å²) in [5, 5.41) is 0. The van der Waals surface area contributed by atoms with Crippen molar-refractivity contribution in [2.45, 2.75) is 45.1 Å². The number of halogens is 2. The maximum absolute atomic E-state index is 14.7. The molecule has 0 aliphatic carbocycles. The molecule has 0 spiro atoms. The lowest BCUT2D eigenvalue weighted by Crippen LogP contribution is -2.69. The van der Waals surface area contributed by atoms with Crippen LogP contribution in [0.3, 0.4) is 0 Å². The second kappa shape index (κ2) is 10.7. The topological polar surface area (TPSA) is 114 Å². The van der Waals surface area contributed by atoms with Gasteiger partial charge in [-0.05, 0) is 54.5 Å². The number of carbonyl (C=O) groups excluding carboxylic acids is 3. The molecule has 0 saturated carbocycles. The number of benzene rings is 1. The SMILES string of the molecule is CC[C@@H](CC(=O)N1C(=O)[C@H](Cc2ccnc(N)c2)[C@H]1C(=O)N(C)c1nccn1C)c1ccc(C)c(F)c1F. The van der Waals surface area contributed by atoms with Crippen LogP contribution < -0.4 is 10.6 Å². The van der Waals surface area contributed by atoms with E-state index in [0.717, 1.165) is 4.90 Å². The summed E-state index contributed by atoms with van der Waals surface area (Å²) in [6.07, 6.45) is 4.97. The number of pyridine rings is 1. The lowest BCUT2D eigenvalue weighted by Gasteiger charge is -2.46. The summed E-state index contributed by atoms with van der Waals surface area (Å²) in [4.78, 5) is 50.8. The van der Waals surface area contributed by atoms with Gasteiger partial charge in [-0.3, -0.25) is 24.2 Å². The summed E-state index contributed by atoms with van der Waals surface area (Å²) in [7, 11) is 3.25. The minimum absolute atomic E-state index is 0.0636. The van der Waals surface area contributed by atoms with E-state index in [4.69, 9.17) is 5.73 Å². The fourth-order valence-electron chi connectivity index (χ4n) is 4.92. The molecule has 9 nitrogen and oxygen atoms in total. The third kappa shape index (κ3) is 4.88. The number of anilines is 2. The summed E-state index contributed by atoms with van der Waals surface area (Å²) in [5.74, 6) is -4.46. The molecule has 38 heavy (non-hydrogen) atoms. The number of hydrogen-bond acceptors (Lipinski definition) is 6. The number of nitrogen functional groups attached to an aromatic ring is 1. The average Bonchev–Trinajstić information content (AvgIpc) is 3.32. The first-order valence-corrected chi connectivity index (χ1v) is 12.3. The molecule has 3 amide bonds. The van der Waals surface area contributed by atoms with Crippen molar-refractivity contribution in [1.29, 1.82) is 0 Å². The van der Waals surface area contributed by atoms with Crippen molar-refractivity contribution in [3.05, 3.63) is 71.2 Å². The Morgan fingerprint density at radius 3 is 2.53 bits per heavy atom. The molecule has 3 atom stereocenters. The van der Waals surface area contributed by atoms with Gasteiger partial charge in [0.2, 0.25) is 17.8 Å². The van der Waals surface area contributed by atoms with Crippen molar-refractivity contribution in [2.24, 2.45) is 13.0 Å². The van der Waals surface area contributed by atoms with Crippen molar-refractivity contribution in [2.75, 3.05) is 17.7 Å². The zero-order valence-corrected chi connectivity index (χ0v) is 21.7. The number of aromatic nitrogens is 3. The number of β-lactam (4-membered cyclic amide) rings is 1. The zero-order chi connectivity index (χ0) is 27.7. The van der Waals surface area contributed by atoms with Gasteiger partial charge in [0, 0.05) is 39.1 Å². The molecule has 3 aromatic rings. The van der Waals surface area contributed by atoms with E-state index in [1.165, 1.54) is 43.4 Å². The van der Waals surface area contributed by atoms with Gasteiger partial charge in [-0.15, -0.1) is 0 Å². The van der Waals surface area contributed by atoms with Gasteiger partial charge in [0.1, 0.15) is 11.9 Å². The van der Waals surface area contributed by atoms with Crippen LogP contribution in [0.2, 0.25) is 0 Å². The minimum atomic E-state index is -1.09. The van der Waals surface area contributed by atoms with Gasteiger partial charge in [-0.2, -0.15) is 0 Å². The third-order valence-electron chi connectivity index (χ3n) is 7.12. The number of likely N-dealkylation sites (tertiary alicyclic amines) is 1. The minimum Gasteiger partial charge on any atom is -0.384 e. The van der Waals surface area contributed by atoms with Crippen LogP contribution in [0.5, 0.6) is 0 Å². The normalized spacial score (nSPS) is 17.7. The lowest BCUT2D eigenvalue weighted by atomic mass is 9.80. The fourth-order valence-corrected chi connectivity index (χ4v) is 4.92. The van der Waals surface area contributed by atoms with Crippen molar-refractivity contribution < 1.29 is 23.2 Å².